The van der Waals surface area contributed by atoms with Gasteiger partial charge in [0.05, 0.1) is 11.3 Å². The van der Waals surface area contributed by atoms with Crippen LogP contribution in [0.15, 0.2) is 24.3 Å². The average molecular weight is 313 g/mol. The first-order valence-electron chi connectivity index (χ1n) is 6.57. The summed E-state index contributed by atoms with van der Waals surface area (Å²) in [7, 11) is 0. The summed E-state index contributed by atoms with van der Waals surface area (Å²) in [5.41, 5.74) is 1.07. The Bertz CT molecular complexity index is 694. The van der Waals surface area contributed by atoms with Crippen LogP contribution in [0, 0.1) is 6.92 Å². The highest BCUT2D eigenvalue weighted by Crippen LogP contribution is 2.39. The van der Waals surface area contributed by atoms with E-state index in [2.05, 4.69) is 9.97 Å². The van der Waals surface area contributed by atoms with Crippen LogP contribution in [0.4, 0.5) is 13.2 Å². The van der Waals surface area contributed by atoms with Gasteiger partial charge in [0.15, 0.2) is 0 Å². The second-order valence-corrected chi connectivity index (χ2v) is 5.62. The first kappa shape index (κ1) is 14.3. The zero-order chi connectivity index (χ0) is 15.2. The minimum atomic E-state index is -4.34. The zero-order valence-electron chi connectivity index (χ0n) is 11.2. The van der Waals surface area contributed by atoms with E-state index in [1.807, 2.05) is 0 Å². The van der Waals surface area contributed by atoms with Crippen molar-refractivity contribution >= 4 is 11.6 Å². The summed E-state index contributed by atoms with van der Waals surface area (Å²) < 4.78 is 38.1. The number of aryl methyl sites for hydroxylation is 1. The van der Waals surface area contributed by atoms with Crippen LogP contribution >= 0.6 is 11.6 Å². The predicted octanol–water partition coefficient (Wildman–Crippen LogP) is 5.00. The summed E-state index contributed by atoms with van der Waals surface area (Å²) in [5, 5.41) is 0.321. The maximum atomic E-state index is 12.7. The summed E-state index contributed by atoms with van der Waals surface area (Å²) >= 11 is 6.00. The molecule has 1 aromatic carbocycles. The Kier molecular flexibility index (Phi) is 3.40. The number of benzene rings is 1. The Labute approximate surface area is 125 Å². The van der Waals surface area contributed by atoms with Crippen molar-refractivity contribution in [1.29, 1.82) is 0 Å². The van der Waals surface area contributed by atoms with Gasteiger partial charge in [0, 0.05) is 17.5 Å². The van der Waals surface area contributed by atoms with Crippen LogP contribution in [0.5, 0.6) is 0 Å². The highest BCUT2D eigenvalue weighted by molar-refractivity contribution is 6.29. The monoisotopic (exact) mass is 312 g/mol. The molecule has 0 radical (unpaired) electrons. The standard InChI is InChI=1S/C15H12ClF3N2/c1-8-6-10(15(17,18)19)4-5-11(8)12-7-13(16)21-14(20-12)9-2-3-9/h4-7,9H,2-3H2,1H3. The molecule has 1 fully saturated rings. The smallest absolute Gasteiger partial charge is 0.232 e. The van der Waals surface area contributed by atoms with E-state index < -0.39 is 11.7 Å². The molecule has 1 aliphatic rings. The molecule has 1 aromatic heterocycles. The van der Waals surface area contributed by atoms with Gasteiger partial charge in [0.1, 0.15) is 11.0 Å². The number of rotatable bonds is 2. The van der Waals surface area contributed by atoms with Crippen molar-refractivity contribution in [3.63, 3.8) is 0 Å². The van der Waals surface area contributed by atoms with E-state index in [9.17, 15) is 13.2 Å². The molecule has 3 rings (SSSR count). The van der Waals surface area contributed by atoms with Crippen LogP contribution in [0.25, 0.3) is 11.3 Å². The largest absolute Gasteiger partial charge is 0.416 e. The third-order valence-electron chi connectivity index (χ3n) is 3.48. The van der Waals surface area contributed by atoms with Crippen LogP contribution < -0.4 is 0 Å². The molecule has 0 aliphatic heterocycles. The van der Waals surface area contributed by atoms with Crippen LogP contribution in [0.1, 0.15) is 35.7 Å². The van der Waals surface area contributed by atoms with E-state index in [0.717, 1.165) is 25.0 Å². The molecule has 0 atom stereocenters. The molecule has 6 heteroatoms. The summed E-state index contributed by atoms with van der Waals surface area (Å²) in [6.07, 6.45) is -2.27. The summed E-state index contributed by atoms with van der Waals surface area (Å²) in [6.45, 7) is 1.64. The molecule has 0 N–H and O–H groups in total. The van der Waals surface area contributed by atoms with Crippen molar-refractivity contribution in [1.82, 2.24) is 9.97 Å². The first-order chi connectivity index (χ1) is 9.84. The minimum absolute atomic E-state index is 0.321. The quantitative estimate of drug-likeness (QED) is 0.729. The van der Waals surface area contributed by atoms with Gasteiger partial charge >= 0.3 is 6.18 Å². The number of hydrogen-bond donors (Lipinski definition) is 0. The van der Waals surface area contributed by atoms with Gasteiger partial charge in [-0.05, 0) is 37.5 Å². The predicted molar refractivity (Wildman–Crippen MR) is 74.2 cm³/mol. The van der Waals surface area contributed by atoms with E-state index in [1.165, 1.54) is 6.07 Å². The third-order valence-corrected chi connectivity index (χ3v) is 3.68. The van der Waals surface area contributed by atoms with Crippen LogP contribution in [-0.4, -0.2) is 9.97 Å². The number of aromatic nitrogens is 2. The van der Waals surface area contributed by atoms with Crippen LogP contribution in [0.3, 0.4) is 0 Å². The Morgan fingerprint density at radius 2 is 1.86 bits per heavy atom. The van der Waals surface area contributed by atoms with Gasteiger partial charge in [0.25, 0.3) is 0 Å². The van der Waals surface area contributed by atoms with Crippen molar-refractivity contribution in [3.8, 4) is 11.3 Å². The van der Waals surface area contributed by atoms with Gasteiger partial charge in [-0.3, -0.25) is 0 Å². The van der Waals surface area contributed by atoms with Crippen molar-refractivity contribution < 1.29 is 13.2 Å². The molecule has 2 aromatic rings. The summed E-state index contributed by atoms with van der Waals surface area (Å²) in [6, 6.07) is 5.22. The molecule has 1 saturated carbocycles. The lowest BCUT2D eigenvalue weighted by atomic mass is 10.0. The molecule has 0 spiro atoms. The van der Waals surface area contributed by atoms with E-state index >= 15 is 0 Å². The fourth-order valence-electron chi connectivity index (χ4n) is 2.22. The lowest BCUT2D eigenvalue weighted by molar-refractivity contribution is -0.137. The van der Waals surface area contributed by atoms with Crippen molar-refractivity contribution in [2.24, 2.45) is 0 Å². The van der Waals surface area contributed by atoms with Crippen LogP contribution in [-0.2, 0) is 6.18 Å². The minimum Gasteiger partial charge on any atom is -0.232 e. The highest BCUT2D eigenvalue weighted by atomic mass is 35.5. The Morgan fingerprint density at radius 1 is 1.14 bits per heavy atom. The van der Waals surface area contributed by atoms with Crippen molar-refractivity contribution in [2.45, 2.75) is 31.9 Å². The Morgan fingerprint density at radius 3 is 2.43 bits per heavy atom. The molecule has 21 heavy (non-hydrogen) atoms. The topological polar surface area (TPSA) is 25.8 Å². The van der Waals surface area contributed by atoms with Gasteiger partial charge in [-0.25, -0.2) is 9.97 Å². The fraction of sp³-hybridized carbons (Fsp3) is 0.333. The maximum Gasteiger partial charge on any atom is 0.416 e. The Hall–Kier alpha value is -1.62. The molecule has 0 saturated heterocycles. The third kappa shape index (κ3) is 3.02. The molecule has 0 amide bonds. The molecule has 1 aliphatic carbocycles. The second-order valence-electron chi connectivity index (χ2n) is 5.24. The van der Waals surface area contributed by atoms with Gasteiger partial charge < -0.3 is 0 Å². The van der Waals surface area contributed by atoms with Gasteiger partial charge in [-0.15, -0.1) is 0 Å². The zero-order valence-corrected chi connectivity index (χ0v) is 12.0. The van der Waals surface area contributed by atoms with E-state index in [0.29, 0.717) is 33.7 Å². The summed E-state index contributed by atoms with van der Waals surface area (Å²) in [5.74, 6) is 1.01. The van der Waals surface area contributed by atoms with E-state index in [4.69, 9.17) is 11.6 Å². The molecule has 1 heterocycles. The highest BCUT2D eigenvalue weighted by Gasteiger charge is 2.31. The second kappa shape index (κ2) is 4.98. The number of alkyl halides is 3. The maximum absolute atomic E-state index is 12.7. The molecule has 0 unspecified atom stereocenters. The van der Waals surface area contributed by atoms with E-state index in [-0.39, 0.29) is 0 Å². The first-order valence-corrected chi connectivity index (χ1v) is 6.95. The van der Waals surface area contributed by atoms with Gasteiger partial charge in [-0.2, -0.15) is 13.2 Å². The normalized spacial score (nSPS) is 15.3. The average Bonchev–Trinajstić information content (AvgIpc) is 3.20. The summed E-state index contributed by atoms with van der Waals surface area (Å²) in [4.78, 5) is 8.62. The lowest BCUT2D eigenvalue weighted by Crippen LogP contribution is -2.05. The fourth-order valence-corrected chi connectivity index (χ4v) is 2.41. The van der Waals surface area contributed by atoms with Gasteiger partial charge in [0.2, 0.25) is 0 Å². The molecule has 110 valence electrons. The Balaban J connectivity index is 2.04. The van der Waals surface area contributed by atoms with Gasteiger partial charge in [-0.1, -0.05) is 17.7 Å². The van der Waals surface area contributed by atoms with Crippen molar-refractivity contribution in [2.75, 3.05) is 0 Å². The SMILES string of the molecule is Cc1cc(C(F)(F)F)ccc1-c1cc(Cl)nc(C2CC2)n1. The molecule has 0 bridgehead atoms. The van der Waals surface area contributed by atoms with Crippen LogP contribution in [0.2, 0.25) is 5.15 Å². The lowest BCUT2D eigenvalue weighted by Gasteiger charge is -2.11. The molecule has 2 nitrogen and oxygen atoms in total. The van der Waals surface area contributed by atoms with E-state index in [1.54, 1.807) is 13.0 Å². The van der Waals surface area contributed by atoms with Crippen molar-refractivity contribution in [3.05, 3.63) is 46.4 Å². The molecular formula is C15H12ClF3N2. The number of nitrogens with zero attached hydrogens (tertiary/aromatic N) is 2. The molecular weight excluding hydrogens is 301 g/mol. The number of halogens is 4. The number of hydrogen-bond acceptors (Lipinski definition) is 2.